The molecule has 0 saturated carbocycles. The fraction of sp³-hybridized carbons (Fsp3) is 0.292. The molecule has 0 aliphatic carbocycles. The fourth-order valence-corrected chi connectivity index (χ4v) is 2.56. The summed E-state index contributed by atoms with van der Waals surface area (Å²) < 4.78 is 9.91. The number of esters is 2. The topological polar surface area (TPSA) is 140 Å². The van der Waals surface area contributed by atoms with Crippen LogP contribution < -0.4 is 16.2 Å². The summed E-state index contributed by atoms with van der Waals surface area (Å²) >= 11 is 0. The zero-order chi connectivity index (χ0) is 24.8. The van der Waals surface area contributed by atoms with Gasteiger partial charge in [0.1, 0.15) is 0 Å². The van der Waals surface area contributed by atoms with Crippen molar-refractivity contribution in [3.05, 3.63) is 65.7 Å². The molecule has 0 aliphatic rings. The number of hydrogen-bond acceptors (Lipinski definition) is 7. The fourth-order valence-electron chi connectivity index (χ4n) is 2.56. The molecular formula is C24H27N3O7. The van der Waals surface area contributed by atoms with E-state index in [4.69, 9.17) is 9.47 Å². The minimum absolute atomic E-state index is 0.161. The molecule has 2 aromatic carbocycles. The van der Waals surface area contributed by atoms with E-state index in [1.54, 1.807) is 42.5 Å². The van der Waals surface area contributed by atoms with Crippen LogP contribution in [-0.2, 0) is 23.9 Å². The third-order valence-corrected chi connectivity index (χ3v) is 4.41. The summed E-state index contributed by atoms with van der Waals surface area (Å²) in [6, 6.07) is 14.4. The molecule has 0 spiro atoms. The van der Waals surface area contributed by atoms with Gasteiger partial charge < -0.3 is 14.8 Å². The SMILES string of the molecule is CCCCOC(=O)c1ccc(NC(=O)CCC(=O)OCC(=O)NNC(=O)c2ccccc2)cc1. The summed E-state index contributed by atoms with van der Waals surface area (Å²) in [5.41, 5.74) is 5.51. The van der Waals surface area contributed by atoms with Gasteiger partial charge in [-0.3, -0.25) is 30.0 Å². The Bertz CT molecular complexity index is 991. The number of nitrogens with one attached hydrogen (secondary N) is 3. The van der Waals surface area contributed by atoms with Crippen molar-refractivity contribution in [2.75, 3.05) is 18.5 Å². The van der Waals surface area contributed by atoms with Gasteiger partial charge in [0.05, 0.1) is 18.6 Å². The van der Waals surface area contributed by atoms with Gasteiger partial charge in [-0.05, 0) is 42.8 Å². The quantitative estimate of drug-likeness (QED) is 0.261. The number of amides is 3. The molecular weight excluding hydrogens is 442 g/mol. The maximum Gasteiger partial charge on any atom is 0.338 e. The van der Waals surface area contributed by atoms with Gasteiger partial charge in [-0.15, -0.1) is 0 Å². The molecule has 0 atom stereocenters. The van der Waals surface area contributed by atoms with Gasteiger partial charge in [0.15, 0.2) is 6.61 Å². The lowest BCUT2D eigenvalue weighted by molar-refractivity contribution is -0.149. The standard InChI is InChI=1S/C24H27N3O7/c1-2-3-15-33-24(32)18-9-11-19(12-10-18)25-20(28)13-14-22(30)34-16-21(29)26-27-23(31)17-7-5-4-6-8-17/h4-12H,2-3,13-16H2,1H3,(H,25,28)(H,26,29)(H,27,31). The van der Waals surface area contributed by atoms with E-state index in [9.17, 15) is 24.0 Å². The van der Waals surface area contributed by atoms with Crippen LogP contribution in [0.3, 0.4) is 0 Å². The highest BCUT2D eigenvalue weighted by molar-refractivity contribution is 5.96. The normalized spacial score (nSPS) is 10.0. The Morgan fingerprint density at radius 2 is 1.47 bits per heavy atom. The number of carbonyl (C=O) groups is 5. The second kappa shape index (κ2) is 14.0. The second-order valence-corrected chi connectivity index (χ2v) is 7.14. The van der Waals surface area contributed by atoms with E-state index in [1.165, 1.54) is 12.1 Å². The Labute approximate surface area is 197 Å². The molecule has 0 heterocycles. The average Bonchev–Trinajstić information content (AvgIpc) is 2.85. The number of ether oxygens (including phenoxy) is 2. The molecule has 3 amide bonds. The third-order valence-electron chi connectivity index (χ3n) is 4.41. The van der Waals surface area contributed by atoms with Crippen LogP contribution in [0.15, 0.2) is 54.6 Å². The van der Waals surface area contributed by atoms with Gasteiger partial charge in [0, 0.05) is 17.7 Å². The molecule has 2 aromatic rings. The Balaban J connectivity index is 1.64. The molecule has 0 saturated heterocycles. The summed E-state index contributed by atoms with van der Waals surface area (Å²) in [6.07, 6.45) is 1.31. The van der Waals surface area contributed by atoms with Gasteiger partial charge in [-0.1, -0.05) is 31.5 Å². The molecule has 180 valence electrons. The molecule has 0 aliphatic heterocycles. The van der Waals surface area contributed by atoms with Gasteiger partial charge in [-0.25, -0.2) is 4.79 Å². The van der Waals surface area contributed by atoms with Crippen molar-refractivity contribution in [2.24, 2.45) is 0 Å². The van der Waals surface area contributed by atoms with Crippen molar-refractivity contribution in [1.29, 1.82) is 0 Å². The minimum Gasteiger partial charge on any atom is -0.462 e. The highest BCUT2D eigenvalue weighted by atomic mass is 16.5. The van der Waals surface area contributed by atoms with Crippen LogP contribution >= 0.6 is 0 Å². The van der Waals surface area contributed by atoms with E-state index in [2.05, 4.69) is 16.2 Å². The summed E-state index contributed by atoms with van der Waals surface area (Å²) in [4.78, 5) is 59.2. The van der Waals surface area contributed by atoms with E-state index in [1.807, 2.05) is 6.92 Å². The molecule has 0 unspecified atom stereocenters. The lowest BCUT2D eigenvalue weighted by atomic mass is 10.2. The van der Waals surface area contributed by atoms with Gasteiger partial charge >= 0.3 is 11.9 Å². The Hall–Kier alpha value is -4.21. The minimum atomic E-state index is -0.746. The van der Waals surface area contributed by atoms with Crippen LogP contribution in [0.25, 0.3) is 0 Å². The van der Waals surface area contributed by atoms with E-state index >= 15 is 0 Å². The molecule has 10 nitrogen and oxygen atoms in total. The molecule has 0 aromatic heterocycles. The predicted octanol–water partition coefficient (Wildman–Crippen LogP) is 2.37. The van der Waals surface area contributed by atoms with Crippen molar-refractivity contribution >= 4 is 35.3 Å². The first-order valence-electron chi connectivity index (χ1n) is 10.8. The van der Waals surface area contributed by atoms with Crippen LogP contribution in [0.1, 0.15) is 53.3 Å². The first-order chi connectivity index (χ1) is 16.4. The van der Waals surface area contributed by atoms with Gasteiger partial charge in [0.25, 0.3) is 11.8 Å². The van der Waals surface area contributed by atoms with Crippen molar-refractivity contribution in [2.45, 2.75) is 32.6 Å². The molecule has 3 N–H and O–H groups in total. The number of hydrazine groups is 1. The van der Waals surface area contributed by atoms with Gasteiger partial charge in [-0.2, -0.15) is 0 Å². The Kier molecular flexibility index (Phi) is 10.8. The molecule has 0 radical (unpaired) electrons. The van der Waals surface area contributed by atoms with E-state index in [0.29, 0.717) is 23.4 Å². The average molecular weight is 469 g/mol. The highest BCUT2D eigenvalue weighted by Gasteiger charge is 2.12. The zero-order valence-corrected chi connectivity index (χ0v) is 18.8. The monoisotopic (exact) mass is 469 g/mol. The van der Waals surface area contributed by atoms with Crippen molar-refractivity contribution in [1.82, 2.24) is 10.9 Å². The van der Waals surface area contributed by atoms with Crippen LogP contribution in [0.4, 0.5) is 5.69 Å². The van der Waals surface area contributed by atoms with Crippen molar-refractivity contribution in [3.63, 3.8) is 0 Å². The third kappa shape index (κ3) is 9.51. The van der Waals surface area contributed by atoms with Gasteiger partial charge in [0.2, 0.25) is 5.91 Å². The van der Waals surface area contributed by atoms with Crippen molar-refractivity contribution < 1.29 is 33.4 Å². The lowest BCUT2D eigenvalue weighted by Crippen LogP contribution is -2.43. The highest BCUT2D eigenvalue weighted by Crippen LogP contribution is 2.12. The summed E-state index contributed by atoms with van der Waals surface area (Å²) in [6.45, 7) is 1.75. The van der Waals surface area contributed by atoms with Crippen LogP contribution in [-0.4, -0.2) is 42.9 Å². The Morgan fingerprint density at radius 3 is 2.15 bits per heavy atom. The first kappa shape index (κ1) is 26.0. The van der Waals surface area contributed by atoms with Crippen molar-refractivity contribution in [3.8, 4) is 0 Å². The molecule has 0 bridgehead atoms. The van der Waals surface area contributed by atoms with E-state index < -0.39 is 36.3 Å². The molecule has 10 heteroatoms. The predicted molar refractivity (Wildman–Crippen MR) is 123 cm³/mol. The van der Waals surface area contributed by atoms with E-state index in [-0.39, 0.29) is 12.8 Å². The number of rotatable bonds is 11. The van der Waals surface area contributed by atoms with E-state index in [0.717, 1.165) is 12.8 Å². The maximum absolute atomic E-state index is 12.0. The number of carbonyl (C=O) groups excluding carboxylic acids is 5. The number of unbranched alkanes of at least 4 members (excludes halogenated alkanes) is 1. The first-order valence-corrected chi connectivity index (χ1v) is 10.8. The summed E-state index contributed by atoms with van der Waals surface area (Å²) in [5.74, 6) is -2.86. The smallest absolute Gasteiger partial charge is 0.338 e. The van der Waals surface area contributed by atoms with Crippen LogP contribution in [0.5, 0.6) is 0 Å². The number of benzene rings is 2. The Morgan fingerprint density at radius 1 is 0.765 bits per heavy atom. The largest absolute Gasteiger partial charge is 0.462 e. The number of hydrogen-bond donors (Lipinski definition) is 3. The summed E-state index contributed by atoms with van der Waals surface area (Å²) in [5, 5.41) is 2.60. The van der Waals surface area contributed by atoms with Crippen LogP contribution in [0.2, 0.25) is 0 Å². The van der Waals surface area contributed by atoms with Crippen LogP contribution in [0, 0.1) is 0 Å². The maximum atomic E-state index is 12.0. The number of anilines is 1. The lowest BCUT2D eigenvalue weighted by Gasteiger charge is -2.09. The molecule has 34 heavy (non-hydrogen) atoms. The molecule has 2 rings (SSSR count). The zero-order valence-electron chi connectivity index (χ0n) is 18.8. The summed E-state index contributed by atoms with van der Waals surface area (Å²) in [7, 11) is 0. The second-order valence-electron chi connectivity index (χ2n) is 7.14. The molecule has 0 fully saturated rings.